The predicted octanol–water partition coefficient (Wildman–Crippen LogP) is 2.57. The van der Waals surface area contributed by atoms with Gasteiger partial charge in [-0.1, -0.05) is 20.8 Å². The number of hydrogen-bond donors (Lipinski definition) is 1. The second-order valence-electron chi connectivity index (χ2n) is 4.93. The third-order valence-corrected chi connectivity index (χ3v) is 3.77. The molecule has 0 amide bonds. The average Bonchev–Trinajstić information content (AvgIpc) is 2.85. The summed E-state index contributed by atoms with van der Waals surface area (Å²) in [5, 5.41) is 12.9. The zero-order valence-electron chi connectivity index (χ0n) is 10.0. The Morgan fingerprint density at radius 3 is 2.71 bits per heavy atom. The van der Waals surface area contributed by atoms with Crippen molar-refractivity contribution in [3.05, 3.63) is 28.0 Å². The first kappa shape index (κ1) is 12.6. The van der Waals surface area contributed by atoms with E-state index in [2.05, 4.69) is 39.9 Å². The number of thiazole rings is 1. The van der Waals surface area contributed by atoms with Crippen LogP contribution in [0.25, 0.3) is 0 Å². The zero-order valence-corrected chi connectivity index (χ0v) is 11.7. The Kier molecular flexibility index (Phi) is 3.56. The average molecular weight is 269 g/mol. The number of aliphatic hydroxyl groups is 1. The molecule has 4 nitrogen and oxygen atoms in total. The van der Waals surface area contributed by atoms with Gasteiger partial charge in [0.25, 0.3) is 0 Å². The second-order valence-corrected chi connectivity index (χ2v) is 6.43. The zero-order chi connectivity index (χ0) is 12.5. The molecular weight excluding hydrogens is 254 g/mol. The van der Waals surface area contributed by atoms with E-state index in [1.165, 1.54) is 0 Å². The van der Waals surface area contributed by atoms with Gasteiger partial charge in [0.15, 0.2) is 0 Å². The number of nitrogens with zero attached hydrogens (tertiary/aromatic N) is 3. The number of aromatic nitrogens is 3. The summed E-state index contributed by atoms with van der Waals surface area (Å²) in [7, 11) is 0. The summed E-state index contributed by atoms with van der Waals surface area (Å²) in [6, 6.07) is 0. The van der Waals surface area contributed by atoms with Gasteiger partial charge in [-0.2, -0.15) is 8.75 Å². The summed E-state index contributed by atoms with van der Waals surface area (Å²) < 4.78 is 7.91. The fraction of sp³-hybridized carbons (Fsp3) is 0.545. The van der Waals surface area contributed by atoms with Crippen molar-refractivity contribution in [1.82, 2.24) is 13.7 Å². The van der Waals surface area contributed by atoms with Crippen LogP contribution in [0.4, 0.5) is 0 Å². The van der Waals surface area contributed by atoms with Crippen LogP contribution in [0.1, 0.15) is 43.3 Å². The molecule has 2 aromatic heterocycles. The van der Waals surface area contributed by atoms with Crippen LogP contribution in [0.2, 0.25) is 0 Å². The highest BCUT2D eigenvalue weighted by molar-refractivity contribution is 7.09. The maximum Gasteiger partial charge on any atom is 0.105 e. The highest BCUT2D eigenvalue weighted by Crippen LogP contribution is 2.26. The van der Waals surface area contributed by atoms with Gasteiger partial charge in [0.1, 0.15) is 11.8 Å². The summed E-state index contributed by atoms with van der Waals surface area (Å²) in [5.41, 5.74) is 1.76. The molecule has 0 saturated carbocycles. The van der Waals surface area contributed by atoms with Crippen molar-refractivity contribution in [3.63, 3.8) is 0 Å². The summed E-state index contributed by atoms with van der Waals surface area (Å²) in [6.45, 7) is 6.39. The van der Waals surface area contributed by atoms with Crippen LogP contribution in [-0.4, -0.2) is 18.8 Å². The van der Waals surface area contributed by atoms with Gasteiger partial charge in [-0.05, 0) is 0 Å². The first-order chi connectivity index (χ1) is 7.97. The van der Waals surface area contributed by atoms with E-state index in [-0.39, 0.29) is 5.41 Å². The monoisotopic (exact) mass is 269 g/mol. The molecule has 2 rings (SSSR count). The molecule has 0 spiro atoms. The smallest absolute Gasteiger partial charge is 0.105 e. The second kappa shape index (κ2) is 4.80. The van der Waals surface area contributed by atoms with Gasteiger partial charge in [0.2, 0.25) is 0 Å². The highest BCUT2D eigenvalue weighted by atomic mass is 32.1. The Bertz CT molecular complexity index is 473. The lowest BCUT2D eigenvalue weighted by Gasteiger charge is -2.14. The van der Waals surface area contributed by atoms with Gasteiger partial charge in [0.05, 0.1) is 28.6 Å². The molecule has 0 saturated heterocycles. The quantitative estimate of drug-likeness (QED) is 0.930. The lowest BCUT2D eigenvalue weighted by molar-refractivity contribution is 0.174. The third-order valence-electron chi connectivity index (χ3n) is 2.41. The van der Waals surface area contributed by atoms with Gasteiger partial charge >= 0.3 is 0 Å². The molecule has 0 aromatic carbocycles. The van der Waals surface area contributed by atoms with Crippen molar-refractivity contribution in [2.24, 2.45) is 0 Å². The summed E-state index contributed by atoms with van der Waals surface area (Å²) in [6.07, 6.45) is 1.51. The minimum absolute atomic E-state index is 0.0574. The van der Waals surface area contributed by atoms with Crippen LogP contribution in [0, 0.1) is 0 Å². The normalized spacial score (nSPS) is 13.9. The minimum Gasteiger partial charge on any atom is -0.386 e. The Balaban J connectivity index is 2.07. The molecule has 0 aliphatic carbocycles. The number of hydrogen-bond acceptors (Lipinski definition) is 6. The Morgan fingerprint density at radius 1 is 1.41 bits per heavy atom. The fourth-order valence-corrected chi connectivity index (χ4v) is 2.86. The predicted molar refractivity (Wildman–Crippen MR) is 69.4 cm³/mol. The van der Waals surface area contributed by atoms with Gasteiger partial charge in [-0.25, -0.2) is 4.98 Å². The molecule has 17 heavy (non-hydrogen) atoms. The van der Waals surface area contributed by atoms with E-state index >= 15 is 0 Å². The van der Waals surface area contributed by atoms with Crippen molar-refractivity contribution >= 4 is 23.1 Å². The molecule has 1 atom stereocenters. The molecule has 6 heteroatoms. The SMILES string of the molecule is CC(C)(C)c1csc(CC(O)c2cnsn2)n1. The van der Waals surface area contributed by atoms with Gasteiger partial charge in [-0.15, -0.1) is 11.3 Å². The van der Waals surface area contributed by atoms with Crippen LogP contribution < -0.4 is 0 Å². The molecule has 1 unspecified atom stereocenters. The van der Waals surface area contributed by atoms with Crippen LogP contribution >= 0.6 is 23.1 Å². The molecule has 2 heterocycles. The standard InChI is InChI=1S/C11H15N3OS2/c1-11(2,3)9-6-16-10(13-9)4-8(15)7-5-12-17-14-7/h5-6,8,15H,4H2,1-3H3. The number of aliphatic hydroxyl groups excluding tert-OH is 1. The Morgan fingerprint density at radius 2 is 2.18 bits per heavy atom. The molecule has 0 fully saturated rings. The van der Waals surface area contributed by atoms with E-state index in [1.54, 1.807) is 17.5 Å². The molecular formula is C11H15N3OS2. The topological polar surface area (TPSA) is 58.9 Å². The maximum atomic E-state index is 9.95. The van der Waals surface area contributed by atoms with Gasteiger partial charge < -0.3 is 5.11 Å². The Hall–Kier alpha value is -0.850. The Labute approximate surface area is 109 Å². The largest absolute Gasteiger partial charge is 0.386 e. The van der Waals surface area contributed by atoms with Crippen molar-refractivity contribution < 1.29 is 5.11 Å². The molecule has 92 valence electrons. The van der Waals surface area contributed by atoms with E-state index in [9.17, 15) is 5.11 Å². The first-order valence-corrected chi connectivity index (χ1v) is 6.98. The summed E-state index contributed by atoms with van der Waals surface area (Å²) >= 11 is 2.70. The molecule has 0 aliphatic heterocycles. The lowest BCUT2D eigenvalue weighted by Crippen LogP contribution is -2.12. The van der Waals surface area contributed by atoms with E-state index in [0.29, 0.717) is 12.1 Å². The van der Waals surface area contributed by atoms with Crippen LogP contribution in [0.5, 0.6) is 0 Å². The molecule has 0 aliphatic rings. The fourth-order valence-electron chi connectivity index (χ4n) is 1.34. The highest BCUT2D eigenvalue weighted by Gasteiger charge is 2.19. The first-order valence-electron chi connectivity index (χ1n) is 5.37. The molecule has 2 aromatic rings. The molecule has 0 radical (unpaired) electrons. The minimum atomic E-state index is -0.604. The van der Waals surface area contributed by atoms with Crippen molar-refractivity contribution in [1.29, 1.82) is 0 Å². The third kappa shape index (κ3) is 3.08. The van der Waals surface area contributed by atoms with Crippen molar-refractivity contribution in [2.45, 2.75) is 38.7 Å². The van der Waals surface area contributed by atoms with Crippen molar-refractivity contribution in [2.75, 3.05) is 0 Å². The van der Waals surface area contributed by atoms with E-state index in [4.69, 9.17) is 0 Å². The summed E-state index contributed by atoms with van der Waals surface area (Å²) in [5.74, 6) is 0. The van der Waals surface area contributed by atoms with E-state index in [0.717, 1.165) is 22.4 Å². The van der Waals surface area contributed by atoms with Gasteiger partial charge in [-0.3, -0.25) is 0 Å². The van der Waals surface area contributed by atoms with Crippen LogP contribution in [0.3, 0.4) is 0 Å². The van der Waals surface area contributed by atoms with Crippen LogP contribution in [0.15, 0.2) is 11.6 Å². The molecule has 0 bridgehead atoms. The van der Waals surface area contributed by atoms with Gasteiger partial charge in [0, 0.05) is 17.2 Å². The van der Waals surface area contributed by atoms with Crippen molar-refractivity contribution in [3.8, 4) is 0 Å². The maximum absolute atomic E-state index is 9.95. The summed E-state index contributed by atoms with van der Waals surface area (Å²) in [4.78, 5) is 4.55. The molecule has 1 N–H and O–H groups in total. The number of rotatable bonds is 3. The van der Waals surface area contributed by atoms with E-state index in [1.807, 2.05) is 0 Å². The van der Waals surface area contributed by atoms with Crippen LogP contribution in [-0.2, 0) is 11.8 Å². The lowest BCUT2D eigenvalue weighted by atomic mass is 9.93. The van der Waals surface area contributed by atoms with E-state index < -0.39 is 6.10 Å².